The molecule has 0 aliphatic rings. The summed E-state index contributed by atoms with van der Waals surface area (Å²) in [5.74, 6) is -1.02. The van der Waals surface area contributed by atoms with Gasteiger partial charge in [-0.2, -0.15) is 0 Å². The molecule has 0 aliphatic heterocycles. The van der Waals surface area contributed by atoms with Crippen molar-refractivity contribution >= 4 is 32.3 Å². The molecule has 0 saturated carbocycles. The standard InChI is InChI=1S/C12H19NO4S2/c1-8-7-9(18-10(8)11(14)15)13-19(16,17)6-5-12(2,3)4/h7,13H,5-6H2,1-4H3,(H,14,15). The fourth-order valence-corrected chi connectivity index (χ4v) is 4.05. The number of hydrogen-bond donors (Lipinski definition) is 2. The van der Waals surface area contributed by atoms with Crippen LogP contribution >= 0.6 is 11.3 Å². The van der Waals surface area contributed by atoms with Crippen molar-refractivity contribution in [1.29, 1.82) is 0 Å². The fraction of sp³-hybridized carbons (Fsp3) is 0.583. The van der Waals surface area contributed by atoms with Crippen molar-refractivity contribution < 1.29 is 18.3 Å². The lowest BCUT2D eigenvalue weighted by Gasteiger charge is -2.17. The third-order valence-corrected chi connectivity index (χ3v) is 5.03. The normalized spacial score (nSPS) is 12.4. The molecular formula is C12H19NO4S2. The molecular weight excluding hydrogens is 286 g/mol. The van der Waals surface area contributed by atoms with Crippen LogP contribution in [0.15, 0.2) is 6.07 Å². The third kappa shape index (κ3) is 5.20. The summed E-state index contributed by atoms with van der Waals surface area (Å²) in [5, 5.41) is 9.27. The fourth-order valence-electron chi connectivity index (χ4n) is 1.39. The Morgan fingerprint density at radius 1 is 1.42 bits per heavy atom. The third-order valence-electron chi connectivity index (χ3n) is 2.49. The number of hydrogen-bond acceptors (Lipinski definition) is 4. The lowest BCUT2D eigenvalue weighted by molar-refractivity contribution is 0.0701. The Balaban J connectivity index is 2.79. The van der Waals surface area contributed by atoms with Gasteiger partial charge in [0.05, 0.1) is 5.75 Å². The van der Waals surface area contributed by atoms with Crippen molar-refractivity contribution in [3.05, 3.63) is 16.5 Å². The van der Waals surface area contributed by atoms with Gasteiger partial charge in [0.15, 0.2) is 0 Å². The van der Waals surface area contributed by atoms with Gasteiger partial charge in [0, 0.05) is 0 Å². The van der Waals surface area contributed by atoms with Gasteiger partial charge in [-0.05, 0) is 30.4 Å². The molecule has 0 spiro atoms. The predicted molar refractivity (Wildman–Crippen MR) is 77.5 cm³/mol. The summed E-state index contributed by atoms with van der Waals surface area (Å²) in [4.78, 5) is 11.1. The molecule has 0 aromatic carbocycles. The van der Waals surface area contributed by atoms with Crippen LogP contribution < -0.4 is 4.72 Å². The molecule has 1 aromatic rings. The average molecular weight is 305 g/mol. The van der Waals surface area contributed by atoms with E-state index in [2.05, 4.69) is 4.72 Å². The van der Waals surface area contributed by atoms with E-state index in [-0.39, 0.29) is 16.0 Å². The van der Waals surface area contributed by atoms with Gasteiger partial charge < -0.3 is 5.11 Å². The van der Waals surface area contributed by atoms with E-state index in [1.807, 2.05) is 20.8 Å². The molecule has 0 amide bonds. The van der Waals surface area contributed by atoms with Crippen LogP contribution in [0.5, 0.6) is 0 Å². The van der Waals surface area contributed by atoms with E-state index < -0.39 is 16.0 Å². The molecule has 0 aliphatic carbocycles. The first-order chi connectivity index (χ1) is 8.50. The van der Waals surface area contributed by atoms with Gasteiger partial charge in [-0.1, -0.05) is 20.8 Å². The summed E-state index contributed by atoms with van der Waals surface area (Å²) in [5.41, 5.74) is 0.498. The summed E-state index contributed by atoms with van der Waals surface area (Å²) in [6, 6.07) is 1.54. The number of carboxylic acids is 1. The molecule has 108 valence electrons. The Labute approximate surface area is 117 Å². The highest BCUT2D eigenvalue weighted by Gasteiger charge is 2.19. The number of aromatic carboxylic acids is 1. The molecule has 7 heteroatoms. The van der Waals surface area contributed by atoms with Gasteiger partial charge >= 0.3 is 5.97 Å². The van der Waals surface area contributed by atoms with Crippen molar-refractivity contribution in [2.24, 2.45) is 5.41 Å². The second kappa shape index (κ2) is 5.50. The molecule has 0 bridgehead atoms. The van der Waals surface area contributed by atoms with Crippen LogP contribution in [0.4, 0.5) is 5.00 Å². The lowest BCUT2D eigenvalue weighted by Crippen LogP contribution is -2.20. The summed E-state index contributed by atoms with van der Waals surface area (Å²) in [6.07, 6.45) is 0.540. The zero-order valence-electron chi connectivity index (χ0n) is 11.5. The largest absolute Gasteiger partial charge is 0.477 e. The van der Waals surface area contributed by atoms with Crippen LogP contribution in [-0.4, -0.2) is 25.2 Å². The van der Waals surface area contributed by atoms with E-state index >= 15 is 0 Å². The SMILES string of the molecule is Cc1cc(NS(=O)(=O)CCC(C)(C)C)sc1C(=O)O. The molecule has 1 aromatic heterocycles. The van der Waals surface area contributed by atoms with Crippen molar-refractivity contribution in [3.63, 3.8) is 0 Å². The minimum Gasteiger partial charge on any atom is -0.477 e. The summed E-state index contributed by atoms with van der Waals surface area (Å²) in [6.45, 7) is 7.56. The zero-order chi connectivity index (χ0) is 14.8. The molecule has 0 atom stereocenters. The minimum atomic E-state index is -3.43. The van der Waals surface area contributed by atoms with E-state index in [1.165, 1.54) is 0 Å². The van der Waals surface area contributed by atoms with Crippen molar-refractivity contribution in [2.45, 2.75) is 34.1 Å². The summed E-state index contributed by atoms with van der Waals surface area (Å²) >= 11 is 0.938. The Bertz CT molecular complexity index is 567. The first kappa shape index (κ1) is 16.0. The van der Waals surface area contributed by atoms with Gasteiger partial charge in [-0.25, -0.2) is 13.2 Å². The number of nitrogens with one attached hydrogen (secondary N) is 1. The van der Waals surface area contributed by atoms with Crippen LogP contribution in [0.3, 0.4) is 0 Å². The molecule has 19 heavy (non-hydrogen) atoms. The van der Waals surface area contributed by atoms with E-state index in [9.17, 15) is 13.2 Å². The number of sulfonamides is 1. The first-order valence-electron chi connectivity index (χ1n) is 5.84. The Morgan fingerprint density at radius 2 is 2.00 bits per heavy atom. The highest BCUT2D eigenvalue weighted by molar-refractivity contribution is 7.92. The van der Waals surface area contributed by atoms with Gasteiger partial charge in [-0.15, -0.1) is 11.3 Å². The number of thiophene rings is 1. The number of anilines is 1. The highest BCUT2D eigenvalue weighted by Crippen LogP contribution is 2.28. The number of carbonyl (C=O) groups is 1. The van der Waals surface area contributed by atoms with Crippen LogP contribution in [0.25, 0.3) is 0 Å². The maximum absolute atomic E-state index is 11.9. The highest BCUT2D eigenvalue weighted by atomic mass is 32.2. The summed E-state index contributed by atoms with van der Waals surface area (Å²) in [7, 11) is -3.43. The zero-order valence-corrected chi connectivity index (χ0v) is 13.1. The molecule has 5 nitrogen and oxygen atoms in total. The Kier molecular flexibility index (Phi) is 4.63. The van der Waals surface area contributed by atoms with Crippen LogP contribution in [0.1, 0.15) is 42.4 Å². The molecule has 0 saturated heterocycles. The monoisotopic (exact) mass is 305 g/mol. The second-order valence-corrected chi connectivity index (χ2v) is 8.55. The van der Waals surface area contributed by atoms with Crippen molar-refractivity contribution in [3.8, 4) is 0 Å². The number of rotatable bonds is 5. The molecule has 1 rings (SSSR count). The van der Waals surface area contributed by atoms with Crippen molar-refractivity contribution in [2.75, 3.05) is 10.5 Å². The summed E-state index contributed by atoms with van der Waals surface area (Å²) < 4.78 is 26.2. The van der Waals surface area contributed by atoms with E-state index in [0.717, 1.165) is 11.3 Å². The van der Waals surface area contributed by atoms with Crippen LogP contribution in [0.2, 0.25) is 0 Å². The van der Waals surface area contributed by atoms with E-state index in [4.69, 9.17) is 5.11 Å². The average Bonchev–Trinajstić information content (AvgIpc) is 2.55. The minimum absolute atomic E-state index is 0.0237. The number of carboxylic acid groups (broad SMARTS) is 1. The maximum Gasteiger partial charge on any atom is 0.346 e. The van der Waals surface area contributed by atoms with Gasteiger partial charge in [-0.3, -0.25) is 4.72 Å². The van der Waals surface area contributed by atoms with Crippen LogP contribution in [-0.2, 0) is 10.0 Å². The van der Waals surface area contributed by atoms with E-state index in [0.29, 0.717) is 17.0 Å². The van der Waals surface area contributed by atoms with E-state index in [1.54, 1.807) is 13.0 Å². The Hall–Kier alpha value is -1.08. The first-order valence-corrected chi connectivity index (χ1v) is 8.31. The van der Waals surface area contributed by atoms with Gasteiger partial charge in [0.25, 0.3) is 0 Å². The quantitative estimate of drug-likeness (QED) is 0.876. The molecule has 2 N–H and O–H groups in total. The van der Waals surface area contributed by atoms with Crippen LogP contribution in [0, 0.1) is 12.3 Å². The topological polar surface area (TPSA) is 83.5 Å². The van der Waals surface area contributed by atoms with Gasteiger partial charge in [0.1, 0.15) is 9.88 Å². The number of aryl methyl sites for hydroxylation is 1. The molecule has 0 fully saturated rings. The second-order valence-electron chi connectivity index (χ2n) is 5.66. The lowest BCUT2D eigenvalue weighted by atomic mass is 9.94. The van der Waals surface area contributed by atoms with Crippen molar-refractivity contribution in [1.82, 2.24) is 0 Å². The molecule has 0 unspecified atom stereocenters. The maximum atomic E-state index is 11.9. The predicted octanol–water partition coefficient (Wildman–Crippen LogP) is 2.93. The molecule has 0 radical (unpaired) electrons. The Morgan fingerprint density at radius 3 is 2.42 bits per heavy atom. The molecule has 1 heterocycles. The smallest absolute Gasteiger partial charge is 0.346 e. The van der Waals surface area contributed by atoms with Gasteiger partial charge in [0.2, 0.25) is 10.0 Å².